The summed E-state index contributed by atoms with van der Waals surface area (Å²) in [5, 5.41) is 5.52. The number of piperidine rings is 2. The molecule has 1 unspecified atom stereocenters. The van der Waals surface area contributed by atoms with Crippen LogP contribution in [-0.4, -0.2) is 84.8 Å². The summed E-state index contributed by atoms with van der Waals surface area (Å²) in [5.74, 6) is -2.96. The summed E-state index contributed by atoms with van der Waals surface area (Å²) in [6.45, 7) is 5.35. The number of nitrogens with one attached hydrogen (secondary N) is 2. The molecule has 4 heterocycles. The number of nitrogens with zero attached hydrogens (tertiary/aromatic N) is 3. The molecule has 0 bridgehead atoms. The van der Waals surface area contributed by atoms with E-state index in [2.05, 4.69) is 15.5 Å². The normalized spacial score (nSPS) is 25.3. The zero-order valence-corrected chi connectivity index (χ0v) is 17.7. The lowest BCUT2D eigenvalue weighted by Gasteiger charge is -2.41. The van der Waals surface area contributed by atoms with Crippen LogP contribution in [0.15, 0.2) is 12.1 Å². The van der Waals surface area contributed by atoms with Gasteiger partial charge >= 0.3 is 0 Å². The number of imide groups is 2. The van der Waals surface area contributed by atoms with Gasteiger partial charge in [0.25, 0.3) is 11.8 Å². The van der Waals surface area contributed by atoms with Crippen molar-refractivity contribution in [2.24, 2.45) is 0 Å². The molecule has 32 heavy (non-hydrogen) atoms. The molecule has 170 valence electrons. The number of amides is 4. The first-order valence-electron chi connectivity index (χ1n) is 11.2. The Morgan fingerprint density at radius 1 is 0.875 bits per heavy atom. The van der Waals surface area contributed by atoms with E-state index in [1.807, 2.05) is 4.90 Å². The predicted molar refractivity (Wildman–Crippen MR) is 113 cm³/mol. The van der Waals surface area contributed by atoms with Crippen molar-refractivity contribution in [2.45, 2.75) is 37.8 Å². The van der Waals surface area contributed by atoms with Gasteiger partial charge in [-0.2, -0.15) is 0 Å². The third kappa shape index (κ3) is 3.57. The Morgan fingerprint density at radius 2 is 1.53 bits per heavy atom. The van der Waals surface area contributed by atoms with Crippen LogP contribution in [0, 0.1) is 5.82 Å². The highest BCUT2D eigenvalue weighted by Crippen LogP contribution is 2.34. The number of benzene rings is 1. The van der Waals surface area contributed by atoms with E-state index in [0.29, 0.717) is 24.8 Å². The molecule has 3 saturated heterocycles. The Labute approximate surface area is 184 Å². The Morgan fingerprint density at radius 3 is 2.19 bits per heavy atom. The van der Waals surface area contributed by atoms with Crippen molar-refractivity contribution in [1.82, 2.24) is 20.4 Å². The minimum atomic E-state index is -1.05. The van der Waals surface area contributed by atoms with Crippen LogP contribution < -0.4 is 15.5 Å². The molecule has 4 aliphatic rings. The van der Waals surface area contributed by atoms with Gasteiger partial charge in [-0.15, -0.1) is 0 Å². The van der Waals surface area contributed by atoms with Gasteiger partial charge in [0, 0.05) is 51.7 Å². The summed E-state index contributed by atoms with van der Waals surface area (Å²) in [6.07, 6.45) is 1.94. The maximum Gasteiger partial charge on any atom is 0.262 e. The van der Waals surface area contributed by atoms with Gasteiger partial charge in [0.05, 0.1) is 16.8 Å². The zero-order valence-electron chi connectivity index (χ0n) is 17.7. The number of piperazine rings is 1. The monoisotopic (exact) mass is 443 g/mol. The molecule has 4 amide bonds. The molecule has 4 aliphatic heterocycles. The van der Waals surface area contributed by atoms with Gasteiger partial charge in [-0.25, -0.2) is 4.39 Å². The van der Waals surface area contributed by atoms with Gasteiger partial charge in [0.1, 0.15) is 11.9 Å². The van der Waals surface area contributed by atoms with Crippen molar-refractivity contribution in [2.75, 3.05) is 44.2 Å². The predicted octanol–water partition coefficient (Wildman–Crippen LogP) is 0.101. The highest BCUT2D eigenvalue weighted by Gasteiger charge is 2.45. The first-order chi connectivity index (χ1) is 15.4. The van der Waals surface area contributed by atoms with E-state index in [-0.39, 0.29) is 24.0 Å². The Kier molecular flexibility index (Phi) is 5.42. The van der Waals surface area contributed by atoms with Crippen LogP contribution in [0.4, 0.5) is 10.1 Å². The standard InChI is InChI=1S/C22H26FN5O4/c23-16-11-14-15(22(32)28(21(14)31)17-1-2-19(29)25-20(17)30)12-18(16)27-7-3-13(4-8-27)26-9-5-24-6-10-26/h11-13,17,24H,1-10H2,(H,25,29,30). The smallest absolute Gasteiger partial charge is 0.262 e. The molecule has 0 spiro atoms. The number of halogens is 1. The largest absolute Gasteiger partial charge is 0.369 e. The van der Waals surface area contributed by atoms with Gasteiger partial charge in [-0.3, -0.25) is 34.3 Å². The van der Waals surface area contributed by atoms with Crippen molar-refractivity contribution in [3.05, 3.63) is 29.1 Å². The van der Waals surface area contributed by atoms with Crippen LogP contribution in [0.1, 0.15) is 46.4 Å². The molecule has 5 rings (SSSR count). The van der Waals surface area contributed by atoms with Gasteiger partial charge in [0.15, 0.2) is 0 Å². The lowest BCUT2D eigenvalue weighted by atomic mass is 10.0. The van der Waals surface area contributed by atoms with Gasteiger partial charge in [0.2, 0.25) is 11.8 Å². The van der Waals surface area contributed by atoms with Crippen LogP contribution >= 0.6 is 0 Å². The van der Waals surface area contributed by atoms with Crippen molar-refractivity contribution in [3.63, 3.8) is 0 Å². The third-order valence-electron chi connectivity index (χ3n) is 6.98. The maximum absolute atomic E-state index is 15.0. The lowest BCUT2D eigenvalue weighted by Crippen LogP contribution is -2.54. The lowest BCUT2D eigenvalue weighted by molar-refractivity contribution is -0.136. The SMILES string of the molecule is O=C1CCC(N2C(=O)c3cc(F)c(N4CCC(N5CCNCC5)CC4)cc3C2=O)C(=O)N1. The molecule has 0 aliphatic carbocycles. The van der Waals surface area contributed by atoms with Crippen molar-refractivity contribution in [3.8, 4) is 0 Å². The molecule has 0 aromatic heterocycles. The Balaban J connectivity index is 1.34. The number of anilines is 1. The minimum Gasteiger partial charge on any atom is -0.369 e. The molecule has 0 saturated carbocycles. The highest BCUT2D eigenvalue weighted by molar-refractivity contribution is 6.23. The molecule has 0 radical (unpaired) electrons. The Bertz CT molecular complexity index is 985. The van der Waals surface area contributed by atoms with E-state index in [1.165, 1.54) is 6.07 Å². The maximum atomic E-state index is 15.0. The molecule has 1 aromatic rings. The molecular formula is C22H26FN5O4. The van der Waals surface area contributed by atoms with E-state index in [1.54, 1.807) is 0 Å². The number of carbonyl (C=O) groups excluding carboxylic acids is 4. The second-order valence-corrected chi connectivity index (χ2v) is 8.80. The number of rotatable bonds is 3. The number of carbonyl (C=O) groups is 4. The molecule has 2 N–H and O–H groups in total. The number of fused-ring (bicyclic) bond motifs is 1. The van der Waals surface area contributed by atoms with Crippen LogP contribution in [0.3, 0.4) is 0 Å². The van der Waals surface area contributed by atoms with E-state index in [4.69, 9.17) is 0 Å². The summed E-state index contributed by atoms with van der Waals surface area (Å²) in [5.41, 5.74) is 0.394. The quantitative estimate of drug-likeness (QED) is 0.639. The van der Waals surface area contributed by atoms with Gasteiger partial charge in [-0.05, 0) is 31.4 Å². The van der Waals surface area contributed by atoms with E-state index < -0.39 is 35.5 Å². The van der Waals surface area contributed by atoms with Gasteiger partial charge in [-0.1, -0.05) is 0 Å². The van der Waals surface area contributed by atoms with Crippen LogP contribution in [0.5, 0.6) is 0 Å². The zero-order chi connectivity index (χ0) is 22.4. The first-order valence-corrected chi connectivity index (χ1v) is 11.2. The number of hydrogen-bond donors (Lipinski definition) is 2. The van der Waals surface area contributed by atoms with Crippen LogP contribution in [0.25, 0.3) is 0 Å². The Hall–Kier alpha value is -2.85. The average molecular weight is 443 g/mol. The molecule has 10 heteroatoms. The van der Waals surface area contributed by atoms with Crippen molar-refractivity contribution < 1.29 is 23.6 Å². The topological polar surface area (TPSA) is 102 Å². The summed E-state index contributed by atoms with van der Waals surface area (Å²) in [6, 6.07) is 1.97. The fraction of sp³-hybridized carbons (Fsp3) is 0.545. The summed E-state index contributed by atoms with van der Waals surface area (Å²) >= 11 is 0. The second-order valence-electron chi connectivity index (χ2n) is 8.80. The van der Waals surface area contributed by atoms with Crippen LogP contribution in [-0.2, 0) is 9.59 Å². The minimum absolute atomic E-state index is 0.0309. The van der Waals surface area contributed by atoms with E-state index in [0.717, 1.165) is 50.0 Å². The number of hydrogen-bond acceptors (Lipinski definition) is 7. The molecule has 9 nitrogen and oxygen atoms in total. The summed E-state index contributed by atoms with van der Waals surface area (Å²) in [4.78, 5) is 54.8. The average Bonchev–Trinajstić information content (AvgIpc) is 3.03. The molecule has 3 fully saturated rings. The fourth-order valence-electron chi connectivity index (χ4n) is 5.24. The van der Waals surface area contributed by atoms with E-state index in [9.17, 15) is 19.2 Å². The summed E-state index contributed by atoms with van der Waals surface area (Å²) in [7, 11) is 0. The summed E-state index contributed by atoms with van der Waals surface area (Å²) < 4.78 is 15.0. The highest BCUT2D eigenvalue weighted by atomic mass is 19.1. The van der Waals surface area contributed by atoms with Crippen LogP contribution in [0.2, 0.25) is 0 Å². The third-order valence-corrected chi connectivity index (χ3v) is 6.98. The first kappa shape index (κ1) is 21.0. The molecule has 1 atom stereocenters. The molecular weight excluding hydrogens is 417 g/mol. The van der Waals surface area contributed by atoms with Crippen molar-refractivity contribution >= 4 is 29.3 Å². The van der Waals surface area contributed by atoms with Crippen molar-refractivity contribution in [1.29, 1.82) is 0 Å². The second kappa shape index (κ2) is 8.25. The van der Waals surface area contributed by atoms with Gasteiger partial charge < -0.3 is 10.2 Å². The molecule has 1 aromatic carbocycles. The fourth-order valence-corrected chi connectivity index (χ4v) is 5.24. The van der Waals surface area contributed by atoms with E-state index >= 15 is 4.39 Å².